The molecule has 1 N–H and O–H groups in total. The summed E-state index contributed by atoms with van der Waals surface area (Å²) < 4.78 is 14.0. The van der Waals surface area contributed by atoms with Crippen molar-refractivity contribution in [2.24, 2.45) is 0 Å². The van der Waals surface area contributed by atoms with Crippen LogP contribution in [0.15, 0.2) is 60.0 Å². The fraction of sp³-hybridized carbons (Fsp3) is 0.190. The first kappa shape index (κ1) is 18.6. The zero-order valence-electron chi connectivity index (χ0n) is 14.3. The predicted molar refractivity (Wildman–Crippen MR) is 105 cm³/mol. The lowest BCUT2D eigenvalue weighted by molar-refractivity contribution is -0.121. The third kappa shape index (κ3) is 4.32. The predicted octanol–water partition coefficient (Wildman–Crippen LogP) is 5.55. The van der Waals surface area contributed by atoms with E-state index in [9.17, 15) is 9.18 Å². The van der Waals surface area contributed by atoms with Gasteiger partial charge in [-0.05, 0) is 41.1 Å². The van der Waals surface area contributed by atoms with Gasteiger partial charge in [-0.1, -0.05) is 54.9 Å². The molecular formula is C21H19ClFNOS. The van der Waals surface area contributed by atoms with E-state index in [0.717, 1.165) is 16.9 Å². The maximum absolute atomic E-state index is 14.0. The van der Waals surface area contributed by atoms with Crippen molar-refractivity contribution in [2.45, 2.75) is 25.8 Å². The second kappa shape index (κ2) is 8.47. The average molecular weight is 388 g/mol. The normalized spacial score (nSPS) is 12.0. The van der Waals surface area contributed by atoms with Crippen molar-refractivity contribution in [3.63, 3.8) is 0 Å². The quantitative estimate of drug-likeness (QED) is 0.590. The topological polar surface area (TPSA) is 29.1 Å². The van der Waals surface area contributed by atoms with Gasteiger partial charge in [0.15, 0.2) is 0 Å². The zero-order chi connectivity index (χ0) is 18.5. The Labute approximate surface area is 161 Å². The summed E-state index contributed by atoms with van der Waals surface area (Å²) in [5, 5.41) is 5.26. The SMILES string of the molecule is CCc1ccc([C@@H](NC(=O)Cc2c(F)cccc2Cl)c2cccs2)cc1. The molecule has 1 aromatic heterocycles. The summed E-state index contributed by atoms with van der Waals surface area (Å²) in [5.74, 6) is -0.734. The maximum Gasteiger partial charge on any atom is 0.225 e. The summed E-state index contributed by atoms with van der Waals surface area (Å²) in [6.45, 7) is 2.10. The number of carbonyl (C=O) groups is 1. The van der Waals surface area contributed by atoms with Gasteiger partial charge >= 0.3 is 0 Å². The van der Waals surface area contributed by atoms with Crippen molar-refractivity contribution in [2.75, 3.05) is 0 Å². The highest BCUT2D eigenvalue weighted by Crippen LogP contribution is 2.27. The number of rotatable bonds is 6. The van der Waals surface area contributed by atoms with Crippen molar-refractivity contribution in [3.8, 4) is 0 Å². The van der Waals surface area contributed by atoms with E-state index in [1.54, 1.807) is 17.4 Å². The number of benzene rings is 2. The van der Waals surface area contributed by atoms with Crippen molar-refractivity contribution in [1.82, 2.24) is 5.32 Å². The second-order valence-electron chi connectivity index (χ2n) is 5.99. The monoisotopic (exact) mass is 387 g/mol. The molecule has 0 aliphatic heterocycles. The Morgan fingerprint density at radius 3 is 2.54 bits per heavy atom. The summed E-state index contributed by atoms with van der Waals surface area (Å²) in [7, 11) is 0. The minimum Gasteiger partial charge on any atom is -0.344 e. The molecule has 2 nitrogen and oxygen atoms in total. The minimum absolute atomic E-state index is 0.0968. The smallest absolute Gasteiger partial charge is 0.225 e. The van der Waals surface area contributed by atoms with Crippen LogP contribution in [0.25, 0.3) is 0 Å². The molecule has 26 heavy (non-hydrogen) atoms. The summed E-state index contributed by atoms with van der Waals surface area (Å²) in [6, 6.07) is 16.3. The average Bonchev–Trinajstić information content (AvgIpc) is 3.17. The van der Waals surface area contributed by atoms with Crippen molar-refractivity contribution < 1.29 is 9.18 Å². The maximum atomic E-state index is 14.0. The molecule has 0 fully saturated rings. The number of halogens is 2. The molecule has 0 bridgehead atoms. The van der Waals surface area contributed by atoms with Crippen LogP contribution in [0.3, 0.4) is 0 Å². The van der Waals surface area contributed by atoms with Gasteiger partial charge in [0.25, 0.3) is 0 Å². The van der Waals surface area contributed by atoms with Crippen LogP contribution in [0.1, 0.15) is 34.5 Å². The van der Waals surface area contributed by atoms with Crippen LogP contribution < -0.4 is 5.32 Å². The Morgan fingerprint density at radius 2 is 1.92 bits per heavy atom. The van der Waals surface area contributed by atoms with Gasteiger partial charge in [-0.25, -0.2) is 4.39 Å². The van der Waals surface area contributed by atoms with Crippen LogP contribution in [-0.2, 0) is 17.6 Å². The summed E-state index contributed by atoms with van der Waals surface area (Å²) >= 11 is 7.62. The fourth-order valence-electron chi connectivity index (χ4n) is 2.79. The molecule has 0 aliphatic rings. The molecule has 1 atom stereocenters. The first-order valence-corrected chi connectivity index (χ1v) is 9.68. The molecule has 3 rings (SSSR count). The number of carbonyl (C=O) groups excluding carboxylic acids is 1. The molecule has 0 saturated carbocycles. The first-order chi connectivity index (χ1) is 12.6. The van der Waals surface area contributed by atoms with E-state index in [4.69, 9.17) is 11.6 Å². The van der Waals surface area contributed by atoms with Gasteiger partial charge in [-0.3, -0.25) is 4.79 Å². The van der Waals surface area contributed by atoms with E-state index in [2.05, 4.69) is 24.4 Å². The number of hydrogen-bond acceptors (Lipinski definition) is 2. The molecular weight excluding hydrogens is 369 g/mol. The zero-order valence-corrected chi connectivity index (χ0v) is 15.9. The van der Waals surface area contributed by atoms with Crippen LogP contribution >= 0.6 is 22.9 Å². The largest absolute Gasteiger partial charge is 0.344 e. The Hall–Kier alpha value is -2.17. The Morgan fingerprint density at radius 1 is 1.15 bits per heavy atom. The Kier molecular flexibility index (Phi) is 6.07. The molecule has 3 aromatic rings. The Bertz CT molecular complexity index is 857. The lowest BCUT2D eigenvalue weighted by Crippen LogP contribution is -2.30. The van der Waals surface area contributed by atoms with Gasteiger partial charge in [-0.15, -0.1) is 11.3 Å². The Balaban J connectivity index is 1.82. The third-order valence-corrected chi connectivity index (χ3v) is 5.54. The molecule has 1 amide bonds. The van der Waals surface area contributed by atoms with E-state index < -0.39 is 5.82 Å². The second-order valence-corrected chi connectivity index (χ2v) is 7.37. The van der Waals surface area contributed by atoms with Crippen molar-refractivity contribution in [1.29, 1.82) is 0 Å². The highest BCUT2D eigenvalue weighted by atomic mass is 35.5. The van der Waals surface area contributed by atoms with Gasteiger partial charge in [-0.2, -0.15) is 0 Å². The molecule has 2 aromatic carbocycles. The number of amides is 1. The molecule has 134 valence electrons. The highest BCUT2D eigenvalue weighted by molar-refractivity contribution is 7.10. The third-order valence-electron chi connectivity index (χ3n) is 4.25. The van der Waals surface area contributed by atoms with Crippen molar-refractivity contribution in [3.05, 3.63) is 92.4 Å². The van der Waals surface area contributed by atoms with Gasteiger partial charge in [0, 0.05) is 15.5 Å². The summed E-state index contributed by atoms with van der Waals surface area (Å²) in [6.07, 6.45) is 0.864. The van der Waals surface area contributed by atoms with Gasteiger partial charge in [0.1, 0.15) is 5.82 Å². The molecule has 5 heteroatoms. The molecule has 0 saturated heterocycles. The fourth-order valence-corrected chi connectivity index (χ4v) is 3.83. The molecule has 0 radical (unpaired) electrons. The molecule has 1 heterocycles. The van der Waals surface area contributed by atoms with Crippen LogP contribution in [0, 0.1) is 5.82 Å². The number of aryl methyl sites for hydroxylation is 1. The number of hydrogen-bond donors (Lipinski definition) is 1. The van der Waals surface area contributed by atoms with Crippen LogP contribution in [-0.4, -0.2) is 5.91 Å². The summed E-state index contributed by atoms with van der Waals surface area (Å²) in [4.78, 5) is 13.6. The minimum atomic E-state index is -0.465. The molecule has 0 aliphatic carbocycles. The number of thiophene rings is 1. The van der Waals surface area contributed by atoms with Crippen molar-refractivity contribution >= 4 is 28.8 Å². The number of nitrogens with one attached hydrogen (secondary N) is 1. The van der Waals surface area contributed by atoms with Gasteiger partial charge in [0.2, 0.25) is 5.91 Å². The van der Waals surface area contributed by atoms with Crippen LogP contribution in [0.5, 0.6) is 0 Å². The first-order valence-electron chi connectivity index (χ1n) is 8.43. The lowest BCUT2D eigenvalue weighted by Gasteiger charge is -2.19. The van der Waals surface area contributed by atoms with Crippen LogP contribution in [0.4, 0.5) is 4.39 Å². The standard InChI is InChI=1S/C21H19ClFNOS/c1-2-14-8-10-15(11-9-14)21(19-7-4-12-26-19)24-20(25)13-16-17(22)5-3-6-18(16)23/h3-12,21H,2,13H2,1H3,(H,24,25)/t21-/m1/s1. The lowest BCUT2D eigenvalue weighted by atomic mass is 10.0. The molecule has 0 unspecified atom stereocenters. The van der Waals surface area contributed by atoms with E-state index in [-0.39, 0.29) is 29.0 Å². The summed E-state index contributed by atoms with van der Waals surface area (Å²) in [5.41, 5.74) is 2.46. The van der Waals surface area contributed by atoms with E-state index >= 15 is 0 Å². The highest BCUT2D eigenvalue weighted by Gasteiger charge is 2.19. The van der Waals surface area contributed by atoms with E-state index in [1.807, 2.05) is 29.6 Å². The molecule has 0 spiro atoms. The van der Waals surface area contributed by atoms with Gasteiger partial charge < -0.3 is 5.32 Å². The van der Waals surface area contributed by atoms with Crippen LogP contribution in [0.2, 0.25) is 5.02 Å². The van der Waals surface area contributed by atoms with Gasteiger partial charge in [0.05, 0.1) is 12.5 Å². The van der Waals surface area contributed by atoms with E-state index in [0.29, 0.717) is 0 Å². The van der Waals surface area contributed by atoms with E-state index in [1.165, 1.54) is 17.7 Å².